The molecule has 16 heavy (non-hydrogen) atoms. The SMILES string of the molecule is CC(C)CC#Cc1ccc(-c2cccs2)s1. The van der Waals surface area contributed by atoms with E-state index in [4.69, 9.17) is 0 Å². The van der Waals surface area contributed by atoms with Crippen LogP contribution in [0.1, 0.15) is 25.1 Å². The summed E-state index contributed by atoms with van der Waals surface area (Å²) in [6.07, 6.45) is 0.978. The van der Waals surface area contributed by atoms with Gasteiger partial charge in [-0.3, -0.25) is 0 Å². The number of thiophene rings is 2. The van der Waals surface area contributed by atoms with E-state index in [-0.39, 0.29) is 0 Å². The Hall–Kier alpha value is -1.04. The highest BCUT2D eigenvalue weighted by Crippen LogP contribution is 2.30. The van der Waals surface area contributed by atoms with Crippen molar-refractivity contribution in [2.75, 3.05) is 0 Å². The van der Waals surface area contributed by atoms with Gasteiger partial charge in [0.2, 0.25) is 0 Å². The number of hydrogen-bond donors (Lipinski definition) is 0. The Morgan fingerprint density at radius 2 is 2.06 bits per heavy atom. The van der Waals surface area contributed by atoms with Gasteiger partial charge in [0.05, 0.1) is 4.88 Å². The van der Waals surface area contributed by atoms with Crippen LogP contribution in [0.2, 0.25) is 0 Å². The Bertz CT molecular complexity index is 492. The Morgan fingerprint density at radius 3 is 2.75 bits per heavy atom. The summed E-state index contributed by atoms with van der Waals surface area (Å²) in [7, 11) is 0. The highest BCUT2D eigenvalue weighted by atomic mass is 32.1. The van der Waals surface area contributed by atoms with Crippen LogP contribution in [0.4, 0.5) is 0 Å². The highest BCUT2D eigenvalue weighted by Gasteiger charge is 2.01. The van der Waals surface area contributed by atoms with Crippen LogP contribution in [0.25, 0.3) is 9.75 Å². The molecule has 0 aliphatic carbocycles. The monoisotopic (exact) mass is 246 g/mol. The first-order valence-corrected chi connectivity index (χ1v) is 7.08. The molecular formula is C14H14S2. The molecule has 82 valence electrons. The van der Waals surface area contributed by atoms with Crippen molar-refractivity contribution < 1.29 is 0 Å². The second kappa shape index (κ2) is 5.34. The van der Waals surface area contributed by atoms with Gasteiger partial charge in [0, 0.05) is 16.2 Å². The summed E-state index contributed by atoms with van der Waals surface area (Å²) >= 11 is 3.56. The summed E-state index contributed by atoms with van der Waals surface area (Å²) in [6, 6.07) is 8.52. The van der Waals surface area contributed by atoms with E-state index in [1.165, 1.54) is 14.6 Å². The average molecular weight is 246 g/mol. The minimum atomic E-state index is 0.657. The first-order valence-electron chi connectivity index (χ1n) is 5.38. The molecule has 0 spiro atoms. The highest BCUT2D eigenvalue weighted by molar-refractivity contribution is 7.21. The smallest absolute Gasteiger partial charge is 0.0775 e. The van der Waals surface area contributed by atoms with Gasteiger partial charge in [-0.15, -0.1) is 22.7 Å². The topological polar surface area (TPSA) is 0 Å². The molecule has 0 atom stereocenters. The van der Waals surface area contributed by atoms with Gasteiger partial charge in [-0.05, 0) is 29.5 Å². The van der Waals surface area contributed by atoms with Crippen LogP contribution in [0.3, 0.4) is 0 Å². The lowest BCUT2D eigenvalue weighted by molar-refractivity contribution is 0.676. The summed E-state index contributed by atoms with van der Waals surface area (Å²) in [5.74, 6) is 7.11. The molecule has 0 fully saturated rings. The van der Waals surface area contributed by atoms with Crippen LogP contribution in [-0.2, 0) is 0 Å². The van der Waals surface area contributed by atoms with E-state index in [2.05, 4.69) is 55.3 Å². The van der Waals surface area contributed by atoms with Gasteiger partial charge in [0.1, 0.15) is 0 Å². The molecule has 2 heterocycles. The maximum atomic E-state index is 3.23. The van der Waals surface area contributed by atoms with Crippen LogP contribution in [0, 0.1) is 17.8 Å². The quantitative estimate of drug-likeness (QED) is 0.663. The van der Waals surface area contributed by atoms with Crippen molar-refractivity contribution >= 4 is 22.7 Å². The molecular weight excluding hydrogens is 232 g/mol. The van der Waals surface area contributed by atoms with Crippen molar-refractivity contribution in [2.24, 2.45) is 5.92 Å². The van der Waals surface area contributed by atoms with Gasteiger partial charge in [0.15, 0.2) is 0 Å². The van der Waals surface area contributed by atoms with Crippen molar-refractivity contribution in [3.63, 3.8) is 0 Å². The van der Waals surface area contributed by atoms with E-state index in [0.717, 1.165) is 6.42 Å². The Labute approximate surface area is 105 Å². The Kier molecular flexibility index (Phi) is 3.82. The molecule has 0 unspecified atom stereocenters. The predicted molar refractivity (Wildman–Crippen MR) is 74.0 cm³/mol. The summed E-state index contributed by atoms with van der Waals surface area (Å²) in [6.45, 7) is 4.39. The summed E-state index contributed by atoms with van der Waals surface area (Å²) in [5.41, 5.74) is 0. The van der Waals surface area contributed by atoms with Gasteiger partial charge in [-0.25, -0.2) is 0 Å². The van der Waals surface area contributed by atoms with Crippen LogP contribution in [0.15, 0.2) is 29.6 Å². The van der Waals surface area contributed by atoms with Gasteiger partial charge >= 0.3 is 0 Å². The molecule has 0 aromatic carbocycles. The van der Waals surface area contributed by atoms with Crippen molar-refractivity contribution in [3.8, 4) is 21.6 Å². The van der Waals surface area contributed by atoms with Crippen molar-refractivity contribution in [1.29, 1.82) is 0 Å². The first-order chi connectivity index (χ1) is 7.75. The van der Waals surface area contributed by atoms with E-state index in [1.807, 2.05) is 0 Å². The van der Waals surface area contributed by atoms with Gasteiger partial charge in [-0.1, -0.05) is 31.8 Å². The van der Waals surface area contributed by atoms with Gasteiger partial charge < -0.3 is 0 Å². The molecule has 0 N–H and O–H groups in total. The molecule has 0 aliphatic rings. The van der Waals surface area contributed by atoms with E-state index in [9.17, 15) is 0 Å². The zero-order valence-electron chi connectivity index (χ0n) is 9.49. The molecule has 2 aromatic heterocycles. The normalized spacial score (nSPS) is 10.2. The number of rotatable bonds is 2. The molecule has 0 amide bonds. The third-order valence-corrected chi connectivity index (χ3v) is 4.16. The molecule has 0 radical (unpaired) electrons. The molecule has 2 rings (SSSR count). The lowest BCUT2D eigenvalue weighted by Gasteiger charge is -1.92. The minimum Gasteiger partial charge on any atom is -0.143 e. The van der Waals surface area contributed by atoms with E-state index in [1.54, 1.807) is 22.7 Å². The fourth-order valence-electron chi connectivity index (χ4n) is 1.30. The molecule has 2 aromatic rings. The van der Waals surface area contributed by atoms with Crippen molar-refractivity contribution in [2.45, 2.75) is 20.3 Å². The second-order valence-corrected chi connectivity index (χ2v) is 6.07. The van der Waals surface area contributed by atoms with Gasteiger partial charge in [0.25, 0.3) is 0 Å². The first kappa shape index (κ1) is 11.4. The van der Waals surface area contributed by atoms with E-state index >= 15 is 0 Å². The average Bonchev–Trinajstić information content (AvgIpc) is 2.85. The maximum Gasteiger partial charge on any atom is 0.0775 e. The zero-order valence-corrected chi connectivity index (χ0v) is 11.1. The fraction of sp³-hybridized carbons (Fsp3) is 0.286. The molecule has 0 saturated carbocycles. The lowest BCUT2D eigenvalue weighted by atomic mass is 10.1. The standard InChI is InChI=1S/C14H14S2/c1-11(2)5-3-6-12-8-9-14(16-12)13-7-4-10-15-13/h4,7-11H,5H2,1-2H3. The largest absolute Gasteiger partial charge is 0.143 e. The molecule has 0 bridgehead atoms. The Balaban J connectivity index is 2.10. The fourth-order valence-corrected chi connectivity index (χ4v) is 3.01. The number of hydrogen-bond acceptors (Lipinski definition) is 2. The van der Waals surface area contributed by atoms with E-state index in [0.29, 0.717) is 5.92 Å². The molecule has 0 aliphatic heterocycles. The maximum absolute atomic E-state index is 3.23. The summed E-state index contributed by atoms with van der Waals surface area (Å²) < 4.78 is 0. The van der Waals surface area contributed by atoms with Crippen molar-refractivity contribution in [3.05, 3.63) is 34.5 Å². The van der Waals surface area contributed by atoms with Crippen molar-refractivity contribution in [1.82, 2.24) is 0 Å². The summed E-state index contributed by atoms with van der Waals surface area (Å²) in [5, 5.41) is 2.11. The van der Waals surface area contributed by atoms with Crippen LogP contribution in [-0.4, -0.2) is 0 Å². The molecule has 2 heteroatoms. The predicted octanol–water partition coefficient (Wildman–Crippen LogP) is 4.87. The third kappa shape index (κ3) is 2.98. The third-order valence-electron chi connectivity index (χ3n) is 2.09. The van der Waals surface area contributed by atoms with Gasteiger partial charge in [-0.2, -0.15) is 0 Å². The Morgan fingerprint density at radius 1 is 1.19 bits per heavy atom. The minimum absolute atomic E-state index is 0.657. The van der Waals surface area contributed by atoms with Crippen LogP contribution >= 0.6 is 22.7 Å². The molecule has 0 saturated heterocycles. The summed E-state index contributed by atoms with van der Waals surface area (Å²) in [4.78, 5) is 3.83. The van der Waals surface area contributed by atoms with Crippen LogP contribution in [0.5, 0.6) is 0 Å². The van der Waals surface area contributed by atoms with E-state index < -0.39 is 0 Å². The molecule has 0 nitrogen and oxygen atoms in total. The van der Waals surface area contributed by atoms with Crippen LogP contribution < -0.4 is 0 Å². The lowest BCUT2D eigenvalue weighted by Crippen LogP contribution is -1.81. The second-order valence-electron chi connectivity index (χ2n) is 4.04. The zero-order chi connectivity index (χ0) is 11.4.